The van der Waals surface area contributed by atoms with Crippen LogP contribution in [0.3, 0.4) is 0 Å². The lowest BCUT2D eigenvalue weighted by Gasteiger charge is -2.57. The molecule has 0 aliphatic heterocycles. The second-order valence-electron chi connectivity index (χ2n) is 9.76. The van der Waals surface area contributed by atoms with E-state index in [2.05, 4.69) is 30.5 Å². The molecule has 4 aliphatic carbocycles. The van der Waals surface area contributed by atoms with Crippen LogP contribution < -0.4 is 11.2 Å². The monoisotopic (exact) mass is 387 g/mol. The van der Waals surface area contributed by atoms with Crippen molar-refractivity contribution in [2.24, 2.45) is 39.4 Å². The van der Waals surface area contributed by atoms with E-state index in [-0.39, 0.29) is 22.9 Å². The molecule has 154 valence electrons. The molecular weight excluding hydrogens is 354 g/mol. The van der Waals surface area contributed by atoms with Crippen molar-refractivity contribution < 1.29 is 14.3 Å². The highest BCUT2D eigenvalue weighted by molar-refractivity contribution is 5.93. The van der Waals surface area contributed by atoms with E-state index in [0.29, 0.717) is 17.8 Å². The van der Waals surface area contributed by atoms with Crippen molar-refractivity contribution in [3.05, 3.63) is 11.6 Å². The molecule has 0 heterocycles. The molecule has 3 fully saturated rings. The number of allylic oxidation sites excluding steroid dienone is 1. The molecular formula is C22H33N3O3. The number of hydrogen-bond donors (Lipinski definition) is 2. The fraction of sp³-hybridized carbons (Fsp3) is 0.773. The molecule has 3 N–H and O–H groups in total. The van der Waals surface area contributed by atoms with E-state index in [1.165, 1.54) is 18.9 Å². The topological polar surface area (TPSA) is 93.8 Å². The Balaban J connectivity index is 1.56. The third-order valence-corrected chi connectivity index (χ3v) is 8.43. The first-order chi connectivity index (χ1) is 13.2. The summed E-state index contributed by atoms with van der Waals surface area (Å²) in [4.78, 5) is 22.5. The number of hydrazone groups is 1. The number of rotatable bonds is 2. The highest BCUT2D eigenvalue weighted by atomic mass is 16.5. The summed E-state index contributed by atoms with van der Waals surface area (Å²) < 4.78 is 5.53. The first-order valence-electron chi connectivity index (χ1n) is 10.7. The minimum absolute atomic E-state index is 0.0484. The highest BCUT2D eigenvalue weighted by Gasteiger charge is 2.58. The van der Waals surface area contributed by atoms with Gasteiger partial charge in [-0.15, -0.1) is 0 Å². The molecule has 6 atom stereocenters. The predicted molar refractivity (Wildman–Crippen MR) is 107 cm³/mol. The maximum Gasteiger partial charge on any atom is 0.332 e. The number of carbonyl (C=O) groups is 2. The summed E-state index contributed by atoms with van der Waals surface area (Å²) in [6, 6.07) is -0.587. The average Bonchev–Trinajstić information content (AvgIpc) is 2.96. The van der Waals surface area contributed by atoms with Gasteiger partial charge in [0.2, 0.25) is 0 Å². The van der Waals surface area contributed by atoms with E-state index in [1.54, 1.807) is 0 Å². The van der Waals surface area contributed by atoms with Crippen LogP contribution in [0.4, 0.5) is 4.79 Å². The largest absolute Gasteiger partial charge is 0.462 e. The van der Waals surface area contributed by atoms with E-state index >= 15 is 0 Å². The minimum Gasteiger partial charge on any atom is -0.462 e. The Morgan fingerprint density at radius 1 is 1.18 bits per heavy atom. The third-order valence-electron chi connectivity index (χ3n) is 8.43. The second-order valence-corrected chi connectivity index (χ2v) is 9.76. The maximum atomic E-state index is 11.4. The highest BCUT2D eigenvalue weighted by Crippen LogP contribution is 2.64. The molecule has 0 aromatic carbocycles. The molecule has 0 spiro atoms. The number of hydrogen-bond acceptors (Lipinski definition) is 4. The van der Waals surface area contributed by atoms with Gasteiger partial charge < -0.3 is 10.5 Å². The number of fused-ring (bicyclic) bond motifs is 5. The summed E-state index contributed by atoms with van der Waals surface area (Å²) in [6.45, 7) is 6.29. The Kier molecular flexibility index (Phi) is 4.79. The fourth-order valence-electron chi connectivity index (χ4n) is 7.06. The van der Waals surface area contributed by atoms with Gasteiger partial charge in [0.1, 0.15) is 6.10 Å². The quantitative estimate of drug-likeness (QED) is 0.427. The SMILES string of the molecule is CC(=O)O[C@H]1CC[C@@]2(C)C(=CC[C@@H]3[C@H]2CC[C@]2(C)/C(=N/NC(N)=O)CC[C@H]32)C1. The molecule has 0 bridgehead atoms. The predicted octanol–water partition coefficient (Wildman–Crippen LogP) is 3.91. The van der Waals surface area contributed by atoms with Gasteiger partial charge in [0.15, 0.2) is 0 Å². The fourth-order valence-corrected chi connectivity index (χ4v) is 7.06. The van der Waals surface area contributed by atoms with E-state index in [0.717, 1.165) is 50.7 Å². The van der Waals surface area contributed by atoms with Crippen LogP contribution in [0.2, 0.25) is 0 Å². The number of primary amides is 1. The first kappa shape index (κ1) is 19.5. The smallest absolute Gasteiger partial charge is 0.332 e. The molecule has 4 rings (SSSR count). The van der Waals surface area contributed by atoms with Crippen LogP contribution in [0.1, 0.15) is 72.1 Å². The van der Waals surface area contributed by atoms with E-state index in [4.69, 9.17) is 10.5 Å². The van der Waals surface area contributed by atoms with E-state index in [1.807, 2.05) is 0 Å². The van der Waals surface area contributed by atoms with Gasteiger partial charge in [-0.1, -0.05) is 25.5 Å². The number of nitrogens with one attached hydrogen (secondary N) is 1. The van der Waals surface area contributed by atoms with Crippen molar-refractivity contribution in [3.63, 3.8) is 0 Å². The van der Waals surface area contributed by atoms with Crippen LogP contribution >= 0.6 is 0 Å². The third kappa shape index (κ3) is 3.05. The van der Waals surface area contributed by atoms with Crippen LogP contribution in [0, 0.1) is 28.6 Å². The van der Waals surface area contributed by atoms with Crippen LogP contribution in [0.15, 0.2) is 16.8 Å². The molecule has 0 unspecified atom stereocenters. The summed E-state index contributed by atoms with van der Waals surface area (Å²) in [6.07, 6.45) is 11.0. The van der Waals surface area contributed by atoms with Gasteiger partial charge in [-0.3, -0.25) is 4.79 Å². The zero-order valence-electron chi connectivity index (χ0n) is 17.3. The van der Waals surface area contributed by atoms with Crippen molar-refractivity contribution in [2.45, 2.75) is 78.2 Å². The Morgan fingerprint density at radius 2 is 1.89 bits per heavy atom. The maximum absolute atomic E-state index is 11.4. The molecule has 28 heavy (non-hydrogen) atoms. The van der Waals surface area contributed by atoms with Gasteiger partial charge in [0, 0.05) is 24.5 Å². The molecule has 0 saturated heterocycles. The lowest BCUT2D eigenvalue weighted by molar-refractivity contribution is -0.148. The number of nitrogens with two attached hydrogens (primary N) is 1. The number of ether oxygens (including phenoxy) is 1. The molecule has 6 heteroatoms. The van der Waals surface area contributed by atoms with Crippen LogP contribution in [-0.2, 0) is 9.53 Å². The Bertz CT molecular complexity index is 745. The van der Waals surface area contributed by atoms with Crippen molar-refractivity contribution >= 4 is 17.7 Å². The first-order valence-corrected chi connectivity index (χ1v) is 10.7. The zero-order valence-corrected chi connectivity index (χ0v) is 17.3. The average molecular weight is 388 g/mol. The summed E-state index contributed by atoms with van der Waals surface area (Å²) in [5.74, 6) is 1.80. The van der Waals surface area contributed by atoms with Crippen molar-refractivity contribution in [1.82, 2.24) is 5.43 Å². The van der Waals surface area contributed by atoms with Gasteiger partial charge in [-0.2, -0.15) is 5.10 Å². The van der Waals surface area contributed by atoms with Gasteiger partial charge in [0.05, 0.1) is 0 Å². The summed E-state index contributed by atoms with van der Waals surface area (Å²) >= 11 is 0. The van der Waals surface area contributed by atoms with E-state index < -0.39 is 6.03 Å². The minimum atomic E-state index is -0.587. The van der Waals surface area contributed by atoms with Crippen molar-refractivity contribution in [2.75, 3.05) is 0 Å². The van der Waals surface area contributed by atoms with Crippen LogP contribution in [-0.4, -0.2) is 23.8 Å². The van der Waals surface area contributed by atoms with Crippen molar-refractivity contribution in [3.8, 4) is 0 Å². The Hall–Kier alpha value is -1.85. The second kappa shape index (κ2) is 6.89. The van der Waals surface area contributed by atoms with Crippen LogP contribution in [0.5, 0.6) is 0 Å². The lowest BCUT2D eigenvalue weighted by Crippen LogP contribution is -2.50. The van der Waals surface area contributed by atoms with Gasteiger partial charge >= 0.3 is 12.0 Å². The molecule has 3 saturated carbocycles. The molecule has 4 aliphatic rings. The summed E-state index contributed by atoms with van der Waals surface area (Å²) in [5, 5.41) is 4.38. The number of amides is 2. The normalized spacial score (nSPS) is 43.4. The van der Waals surface area contributed by atoms with Gasteiger partial charge in [-0.05, 0) is 68.1 Å². The number of urea groups is 1. The standard InChI is InChI=1S/C22H33N3O3/c1-13(26)28-15-8-10-21(2)14(12-15)4-5-16-17-6-7-19(24-25-20(23)27)22(17,3)11-9-18(16)21/h4,15-18H,5-12H2,1-3H3,(H3,23,25,27)/b24-19+/t15-,16-,17+,18+,21-,22-/m0/s1. The molecule has 2 amide bonds. The van der Waals surface area contributed by atoms with E-state index in [9.17, 15) is 9.59 Å². The van der Waals surface area contributed by atoms with Crippen molar-refractivity contribution in [1.29, 1.82) is 0 Å². The number of nitrogens with zero attached hydrogens (tertiary/aromatic N) is 1. The molecule has 0 aromatic heterocycles. The molecule has 0 radical (unpaired) electrons. The molecule has 0 aromatic rings. The Labute approximate surface area is 167 Å². The number of carbonyl (C=O) groups excluding carboxylic acids is 2. The van der Waals surface area contributed by atoms with Gasteiger partial charge in [-0.25, -0.2) is 10.2 Å². The van der Waals surface area contributed by atoms with Gasteiger partial charge in [0.25, 0.3) is 0 Å². The summed E-state index contributed by atoms with van der Waals surface area (Å²) in [7, 11) is 0. The zero-order chi connectivity index (χ0) is 20.1. The van der Waals surface area contributed by atoms with Crippen LogP contribution in [0.25, 0.3) is 0 Å². The number of esters is 1. The summed E-state index contributed by atoms with van der Waals surface area (Å²) in [5.41, 5.74) is 10.6. The molecule has 6 nitrogen and oxygen atoms in total. The lowest BCUT2D eigenvalue weighted by atomic mass is 9.48. The Morgan fingerprint density at radius 3 is 2.61 bits per heavy atom.